The number of carbonyl (C=O) groups is 2. The molecule has 3 aliphatic rings. The lowest BCUT2D eigenvalue weighted by atomic mass is 10.0. The summed E-state index contributed by atoms with van der Waals surface area (Å²) in [6, 6.07) is 1.99. The summed E-state index contributed by atoms with van der Waals surface area (Å²) in [7, 11) is 1.97. The van der Waals surface area contributed by atoms with Crippen molar-refractivity contribution in [3.05, 3.63) is 41.2 Å². The number of amides is 2. The second-order valence-corrected chi connectivity index (χ2v) is 8.15. The first-order chi connectivity index (χ1) is 12.5. The minimum Gasteiger partial charge on any atom is -0.357 e. The molecule has 5 nitrogen and oxygen atoms in total. The van der Waals surface area contributed by atoms with Gasteiger partial charge in [0.15, 0.2) is 0 Å². The highest BCUT2D eigenvalue weighted by molar-refractivity contribution is 5.92. The van der Waals surface area contributed by atoms with E-state index in [0.29, 0.717) is 38.0 Å². The second-order valence-electron chi connectivity index (χ2n) is 8.15. The van der Waals surface area contributed by atoms with Crippen LogP contribution in [-0.2, 0) is 16.6 Å². The number of hydrogen-bond acceptors (Lipinski definition) is 2. The van der Waals surface area contributed by atoms with Crippen LogP contribution in [0.25, 0.3) is 6.08 Å². The molecule has 1 fully saturated rings. The van der Waals surface area contributed by atoms with Crippen molar-refractivity contribution in [2.45, 2.75) is 26.2 Å². The quantitative estimate of drug-likeness (QED) is 0.619. The lowest BCUT2D eigenvalue weighted by Crippen LogP contribution is -2.38. The van der Waals surface area contributed by atoms with E-state index in [4.69, 9.17) is 0 Å². The van der Waals surface area contributed by atoms with E-state index in [0.717, 1.165) is 18.4 Å². The third-order valence-corrected chi connectivity index (χ3v) is 5.97. The van der Waals surface area contributed by atoms with Crippen LogP contribution in [0.15, 0.2) is 35.7 Å². The van der Waals surface area contributed by atoms with Crippen molar-refractivity contribution in [1.82, 2.24) is 14.4 Å². The molecule has 5 heteroatoms. The van der Waals surface area contributed by atoms with E-state index >= 15 is 0 Å². The van der Waals surface area contributed by atoms with Gasteiger partial charge in [-0.25, -0.2) is 0 Å². The van der Waals surface area contributed by atoms with Gasteiger partial charge < -0.3 is 14.4 Å². The van der Waals surface area contributed by atoms with Crippen LogP contribution in [0.2, 0.25) is 0 Å². The van der Waals surface area contributed by atoms with E-state index < -0.39 is 0 Å². The fraction of sp³-hybridized carbons (Fsp3) is 0.524. The molecule has 1 aromatic rings. The van der Waals surface area contributed by atoms with Crippen molar-refractivity contribution in [2.24, 2.45) is 18.9 Å². The molecule has 26 heavy (non-hydrogen) atoms. The van der Waals surface area contributed by atoms with Crippen LogP contribution in [0, 0.1) is 11.8 Å². The third-order valence-electron chi connectivity index (χ3n) is 5.97. The topological polar surface area (TPSA) is 45.6 Å². The average molecular weight is 353 g/mol. The Hall–Kier alpha value is -2.30. The first-order valence-electron chi connectivity index (χ1n) is 9.57. The minimum absolute atomic E-state index is 0.0470. The molecule has 2 atom stereocenters. The molecule has 0 aromatic carbocycles. The summed E-state index contributed by atoms with van der Waals surface area (Å²) >= 11 is 0. The van der Waals surface area contributed by atoms with Crippen LogP contribution in [0.5, 0.6) is 0 Å². The highest BCUT2D eigenvalue weighted by Crippen LogP contribution is 2.34. The highest BCUT2D eigenvalue weighted by atomic mass is 16.2. The first kappa shape index (κ1) is 17.1. The fourth-order valence-corrected chi connectivity index (χ4v) is 4.48. The smallest absolute Gasteiger partial charge is 0.247 e. The van der Waals surface area contributed by atoms with Crippen LogP contribution in [-0.4, -0.2) is 52.4 Å². The lowest BCUT2D eigenvalue weighted by molar-refractivity contribution is -0.134. The monoisotopic (exact) mass is 353 g/mol. The summed E-state index contributed by atoms with van der Waals surface area (Å²) in [6.45, 7) is 4.99. The molecule has 0 radical (unpaired) electrons. The average Bonchev–Trinajstić information content (AvgIpc) is 3.35. The SMILES string of the molecule is CC1CCC(C(=O)N2CC3=C(CN(C(=O)/C=C/c4ccn(C)c4)C3)C2)C1. The Morgan fingerprint density at radius 1 is 1.08 bits per heavy atom. The van der Waals surface area contributed by atoms with Crippen molar-refractivity contribution in [3.8, 4) is 0 Å². The maximum absolute atomic E-state index is 12.7. The molecule has 1 saturated carbocycles. The Labute approximate surface area is 155 Å². The molecule has 0 saturated heterocycles. The van der Waals surface area contributed by atoms with Gasteiger partial charge in [-0.05, 0) is 54.0 Å². The van der Waals surface area contributed by atoms with Crippen molar-refractivity contribution < 1.29 is 9.59 Å². The van der Waals surface area contributed by atoms with Crippen LogP contribution in [0.4, 0.5) is 0 Å². The Bertz CT molecular complexity index is 771. The van der Waals surface area contributed by atoms with Crippen LogP contribution in [0.1, 0.15) is 31.7 Å². The van der Waals surface area contributed by atoms with Gasteiger partial charge in [0, 0.05) is 57.6 Å². The summed E-state index contributed by atoms with van der Waals surface area (Å²) in [5, 5.41) is 0. The number of nitrogens with zero attached hydrogens (tertiary/aromatic N) is 3. The minimum atomic E-state index is 0.0470. The van der Waals surface area contributed by atoms with Crippen molar-refractivity contribution in [1.29, 1.82) is 0 Å². The first-order valence-corrected chi connectivity index (χ1v) is 9.57. The van der Waals surface area contributed by atoms with E-state index in [9.17, 15) is 9.59 Å². The molecule has 0 N–H and O–H groups in total. The predicted octanol–water partition coefficient (Wildman–Crippen LogP) is 2.46. The molecular weight excluding hydrogens is 326 g/mol. The molecule has 1 aliphatic carbocycles. The standard InChI is InChI=1S/C21H27N3O2/c1-15-3-5-17(9-15)21(26)24-13-18-11-23(12-19(18)14-24)20(25)6-4-16-7-8-22(2)10-16/h4,6-8,10,15,17H,3,5,9,11-14H2,1-2H3/b6-4+. The third kappa shape index (κ3) is 3.35. The van der Waals surface area contributed by atoms with E-state index in [1.54, 1.807) is 6.08 Å². The highest BCUT2D eigenvalue weighted by Gasteiger charge is 2.37. The number of aromatic nitrogens is 1. The van der Waals surface area contributed by atoms with Crippen LogP contribution < -0.4 is 0 Å². The van der Waals surface area contributed by atoms with Gasteiger partial charge in [-0.2, -0.15) is 0 Å². The summed E-state index contributed by atoms with van der Waals surface area (Å²) in [5.74, 6) is 1.27. The number of rotatable bonds is 3. The normalized spacial score (nSPS) is 25.6. The zero-order chi connectivity index (χ0) is 18.3. The van der Waals surface area contributed by atoms with Gasteiger partial charge in [-0.1, -0.05) is 6.92 Å². The van der Waals surface area contributed by atoms with Gasteiger partial charge in [0.25, 0.3) is 0 Å². The fourth-order valence-electron chi connectivity index (χ4n) is 4.48. The van der Waals surface area contributed by atoms with Crippen molar-refractivity contribution in [3.63, 3.8) is 0 Å². The summed E-state index contributed by atoms with van der Waals surface area (Å²) in [6.07, 6.45) is 10.7. The number of aryl methyl sites for hydroxylation is 1. The van der Waals surface area contributed by atoms with E-state index in [-0.39, 0.29) is 11.8 Å². The molecular formula is C21H27N3O2. The van der Waals surface area contributed by atoms with Crippen LogP contribution >= 0.6 is 0 Å². The zero-order valence-corrected chi connectivity index (χ0v) is 15.6. The molecule has 1 aromatic heterocycles. The van der Waals surface area contributed by atoms with Gasteiger partial charge in [-0.15, -0.1) is 0 Å². The van der Waals surface area contributed by atoms with E-state index in [2.05, 4.69) is 6.92 Å². The molecule has 2 aliphatic heterocycles. The number of hydrogen-bond donors (Lipinski definition) is 0. The van der Waals surface area contributed by atoms with Gasteiger partial charge >= 0.3 is 0 Å². The number of carbonyl (C=O) groups excluding carboxylic acids is 2. The summed E-state index contributed by atoms with van der Waals surface area (Å²) in [5.41, 5.74) is 3.57. The largest absolute Gasteiger partial charge is 0.357 e. The van der Waals surface area contributed by atoms with Crippen molar-refractivity contribution >= 4 is 17.9 Å². The molecule has 0 spiro atoms. The molecule has 2 amide bonds. The molecule has 138 valence electrons. The Kier molecular flexibility index (Phi) is 4.47. The van der Waals surface area contributed by atoms with E-state index in [1.165, 1.54) is 17.6 Å². The summed E-state index contributed by atoms with van der Waals surface area (Å²) in [4.78, 5) is 29.0. The van der Waals surface area contributed by atoms with E-state index in [1.807, 2.05) is 46.0 Å². The maximum atomic E-state index is 12.7. The Balaban J connectivity index is 1.30. The van der Waals surface area contributed by atoms with Crippen molar-refractivity contribution in [2.75, 3.05) is 26.2 Å². The Morgan fingerprint density at radius 3 is 2.35 bits per heavy atom. The molecule has 2 unspecified atom stereocenters. The van der Waals surface area contributed by atoms with Gasteiger partial charge in [0.05, 0.1) is 0 Å². The predicted molar refractivity (Wildman–Crippen MR) is 101 cm³/mol. The maximum Gasteiger partial charge on any atom is 0.247 e. The molecule has 4 rings (SSSR count). The van der Waals surface area contributed by atoms with Gasteiger partial charge in [0.2, 0.25) is 11.8 Å². The zero-order valence-electron chi connectivity index (χ0n) is 15.6. The van der Waals surface area contributed by atoms with Crippen LogP contribution in [0.3, 0.4) is 0 Å². The summed E-state index contributed by atoms with van der Waals surface area (Å²) < 4.78 is 1.97. The Morgan fingerprint density at radius 2 is 1.77 bits per heavy atom. The lowest BCUT2D eigenvalue weighted by Gasteiger charge is -2.24. The molecule has 3 heterocycles. The second kappa shape index (κ2) is 6.78. The molecule has 0 bridgehead atoms. The van der Waals surface area contributed by atoms with Gasteiger partial charge in [-0.3, -0.25) is 9.59 Å². The van der Waals surface area contributed by atoms with Gasteiger partial charge in [0.1, 0.15) is 0 Å².